The molecule has 7 heteroatoms. The zero-order valence-corrected chi connectivity index (χ0v) is 11.2. The fourth-order valence-electron chi connectivity index (χ4n) is 1.90. The molecule has 1 aromatic carbocycles. The molecule has 0 aliphatic carbocycles. The number of rotatable bonds is 2. The van der Waals surface area contributed by atoms with E-state index in [0.29, 0.717) is 6.61 Å². The largest absolute Gasteiger partial charge is 0.376 e. The third-order valence-electron chi connectivity index (χ3n) is 2.90. The Bertz CT molecular complexity index is 624. The molecule has 0 bridgehead atoms. The molecular formula is C12H13FN2O3S. The topological polar surface area (TPSA) is 70.4 Å². The van der Waals surface area contributed by atoms with Crippen molar-refractivity contribution in [3.63, 3.8) is 0 Å². The zero-order valence-electron chi connectivity index (χ0n) is 10.3. The number of halogens is 1. The quantitative estimate of drug-likeness (QED) is 0.815. The molecule has 0 amide bonds. The van der Waals surface area contributed by atoms with Crippen molar-refractivity contribution in [2.24, 2.45) is 0 Å². The van der Waals surface area contributed by atoms with Crippen LogP contribution in [0.1, 0.15) is 12.5 Å². The van der Waals surface area contributed by atoms with Crippen LogP contribution in [0.15, 0.2) is 23.1 Å². The highest BCUT2D eigenvalue weighted by molar-refractivity contribution is 7.89. The first-order valence-corrected chi connectivity index (χ1v) is 7.20. The van der Waals surface area contributed by atoms with Crippen LogP contribution in [0.3, 0.4) is 0 Å². The first-order chi connectivity index (χ1) is 8.95. The molecule has 2 rings (SSSR count). The van der Waals surface area contributed by atoms with Crippen LogP contribution in [0.25, 0.3) is 0 Å². The summed E-state index contributed by atoms with van der Waals surface area (Å²) in [6.07, 6.45) is -0.181. The van der Waals surface area contributed by atoms with Crippen molar-refractivity contribution >= 4 is 10.0 Å². The van der Waals surface area contributed by atoms with Gasteiger partial charge in [-0.15, -0.1) is 0 Å². The average Bonchev–Trinajstić information content (AvgIpc) is 2.39. The van der Waals surface area contributed by atoms with Gasteiger partial charge in [-0.25, -0.2) is 12.8 Å². The molecule has 102 valence electrons. The van der Waals surface area contributed by atoms with Crippen LogP contribution in [0.5, 0.6) is 0 Å². The van der Waals surface area contributed by atoms with E-state index in [1.165, 1.54) is 10.4 Å². The number of hydrogen-bond donors (Lipinski definition) is 0. The van der Waals surface area contributed by atoms with Crippen molar-refractivity contribution < 1.29 is 17.5 Å². The van der Waals surface area contributed by atoms with Gasteiger partial charge in [-0.1, -0.05) is 0 Å². The van der Waals surface area contributed by atoms with Crippen LogP contribution in [-0.4, -0.2) is 38.5 Å². The second-order valence-corrected chi connectivity index (χ2v) is 6.24. The van der Waals surface area contributed by atoms with Crippen molar-refractivity contribution in [3.8, 4) is 6.07 Å². The van der Waals surface area contributed by atoms with Gasteiger partial charge in [0.2, 0.25) is 10.0 Å². The molecule has 0 spiro atoms. The maximum absolute atomic E-state index is 13.2. The van der Waals surface area contributed by atoms with Crippen LogP contribution in [0, 0.1) is 17.1 Å². The maximum atomic E-state index is 13.2. The summed E-state index contributed by atoms with van der Waals surface area (Å²) in [6, 6.07) is 4.86. The first-order valence-electron chi connectivity index (χ1n) is 5.76. The van der Waals surface area contributed by atoms with Crippen molar-refractivity contribution in [1.82, 2.24) is 4.31 Å². The van der Waals surface area contributed by atoms with Crippen LogP contribution in [0.4, 0.5) is 4.39 Å². The molecule has 1 aromatic rings. The fraction of sp³-hybridized carbons (Fsp3) is 0.417. The normalized spacial score (nSPS) is 21.0. The van der Waals surface area contributed by atoms with Crippen molar-refractivity contribution in [3.05, 3.63) is 29.6 Å². The molecule has 1 atom stereocenters. The lowest BCUT2D eigenvalue weighted by Gasteiger charge is -2.30. The van der Waals surface area contributed by atoms with Gasteiger partial charge in [-0.05, 0) is 25.1 Å². The number of sulfonamides is 1. The van der Waals surface area contributed by atoms with E-state index in [1.807, 2.05) is 0 Å². The molecule has 0 N–H and O–H groups in total. The number of hydrogen-bond acceptors (Lipinski definition) is 4. The summed E-state index contributed by atoms with van der Waals surface area (Å²) in [5, 5.41) is 8.74. The van der Waals surface area contributed by atoms with E-state index >= 15 is 0 Å². The van der Waals surface area contributed by atoms with Crippen LogP contribution >= 0.6 is 0 Å². The van der Waals surface area contributed by atoms with Crippen LogP contribution in [0.2, 0.25) is 0 Å². The van der Waals surface area contributed by atoms with Gasteiger partial charge >= 0.3 is 0 Å². The van der Waals surface area contributed by atoms with Gasteiger partial charge in [0.25, 0.3) is 0 Å². The SMILES string of the molecule is CC1CN(S(=O)(=O)c2ccc(F)c(C#N)c2)CCO1. The Morgan fingerprint density at radius 2 is 2.26 bits per heavy atom. The molecule has 1 heterocycles. The smallest absolute Gasteiger partial charge is 0.243 e. The maximum Gasteiger partial charge on any atom is 0.243 e. The Morgan fingerprint density at radius 1 is 1.53 bits per heavy atom. The Labute approximate surface area is 111 Å². The van der Waals surface area contributed by atoms with Gasteiger partial charge in [0.1, 0.15) is 11.9 Å². The Balaban J connectivity index is 2.37. The van der Waals surface area contributed by atoms with E-state index in [-0.39, 0.29) is 29.7 Å². The molecule has 5 nitrogen and oxygen atoms in total. The summed E-state index contributed by atoms with van der Waals surface area (Å²) in [4.78, 5) is -0.0699. The number of nitriles is 1. The molecule has 1 saturated heterocycles. The molecule has 0 saturated carbocycles. The van der Waals surface area contributed by atoms with Gasteiger partial charge < -0.3 is 4.74 Å². The average molecular weight is 284 g/mol. The summed E-state index contributed by atoms with van der Waals surface area (Å²) in [5.74, 6) is -0.725. The summed E-state index contributed by atoms with van der Waals surface area (Å²) in [7, 11) is -3.71. The summed E-state index contributed by atoms with van der Waals surface area (Å²) >= 11 is 0. The molecule has 0 radical (unpaired) electrons. The lowest BCUT2D eigenvalue weighted by atomic mass is 10.2. The Morgan fingerprint density at radius 3 is 2.89 bits per heavy atom. The summed E-state index contributed by atoms with van der Waals surface area (Å²) in [6.45, 7) is 2.62. The van der Waals surface area contributed by atoms with E-state index < -0.39 is 15.8 Å². The highest BCUT2D eigenvalue weighted by atomic mass is 32.2. The van der Waals surface area contributed by atoms with Gasteiger partial charge in [-0.2, -0.15) is 9.57 Å². The van der Waals surface area contributed by atoms with Gasteiger partial charge in [0, 0.05) is 13.1 Å². The first kappa shape index (κ1) is 13.9. The monoisotopic (exact) mass is 284 g/mol. The predicted octanol–water partition coefficient (Wildman–Crippen LogP) is 1.11. The lowest BCUT2D eigenvalue weighted by Crippen LogP contribution is -2.44. The minimum Gasteiger partial charge on any atom is -0.376 e. The van der Waals surface area contributed by atoms with E-state index in [1.54, 1.807) is 13.0 Å². The minimum absolute atomic E-state index is 0.0699. The van der Waals surface area contributed by atoms with Crippen molar-refractivity contribution in [2.45, 2.75) is 17.9 Å². The Hall–Kier alpha value is -1.49. The number of nitrogens with zero attached hydrogens (tertiary/aromatic N) is 2. The van der Waals surface area contributed by atoms with E-state index in [9.17, 15) is 12.8 Å². The van der Waals surface area contributed by atoms with Crippen molar-refractivity contribution in [1.29, 1.82) is 5.26 Å². The molecule has 1 aliphatic heterocycles. The second kappa shape index (κ2) is 5.25. The highest BCUT2D eigenvalue weighted by Crippen LogP contribution is 2.20. The predicted molar refractivity (Wildman–Crippen MR) is 65.3 cm³/mol. The van der Waals surface area contributed by atoms with Gasteiger partial charge in [-0.3, -0.25) is 0 Å². The third kappa shape index (κ3) is 2.76. The van der Waals surface area contributed by atoms with Crippen molar-refractivity contribution in [2.75, 3.05) is 19.7 Å². The van der Waals surface area contributed by atoms with Crippen LogP contribution < -0.4 is 0 Å². The standard InChI is InChI=1S/C12H13FN2O3S/c1-9-8-15(4-5-18-9)19(16,17)11-2-3-12(13)10(6-11)7-14/h2-3,6,9H,4-5,8H2,1H3. The number of morpholine rings is 1. The van der Waals surface area contributed by atoms with Gasteiger partial charge in [0.05, 0.1) is 23.2 Å². The summed E-state index contributed by atoms with van der Waals surface area (Å²) in [5.41, 5.74) is -0.276. The molecule has 1 unspecified atom stereocenters. The number of benzene rings is 1. The minimum atomic E-state index is -3.71. The van der Waals surface area contributed by atoms with E-state index in [4.69, 9.17) is 10.00 Å². The zero-order chi connectivity index (χ0) is 14.0. The summed E-state index contributed by atoms with van der Waals surface area (Å²) < 4.78 is 44.5. The Kier molecular flexibility index (Phi) is 3.85. The molecular weight excluding hydrogens is 271 g/mol. The third-order valence-corrected chi connectivity index (χ3v) is 4.76. The lowest BCUT2D eigenvalue weighted by molar-refractivity contribution is 0.0102. The molecule has 1 aliphatic rings. The number of ether oxygens (including phenoxy) is 1. The van der Waals surface area contributed by atoms with Crippen LogP contribution in [-0.2, 0) is 14.8 Å². The molecule has 0 aromatic heterocycles. The van der Waals surface area contributed by atoms with E-state index in [2.05, 4.69) is 0 Å². The molecule has 1 fully saturated rings. The highest BCUT2D eigenvalue weighted by Gasteiger charge is 2.29. The fourth-order valence-corrected chi connectivity index (χ4v) is 3.43. The second-order valence-electron chi connectivity index (χ2n) is 4.30. The van der Waals surface area contributed by atoms with Gasteiger partial charge in [0.15, 0.2) is 0 Å². The van der Waals surface area contributed by atoms with E-state index in [0.717, 1.165) is 12.1 Å². The molecule has 19 heavy (non-hydrogen) atoms.